The number of aromatic nitrogens is 1. The topological polar surface area (TPSA) is 48.3 Å². The minimum atomic E-state index is -0.694. The summed E-state index contributed by atoms with van der Waals surface area (Å²) in [5, 5.41) is 0.788. The van der Waals surface area contributed by atoms with E-state index in [-0.39, 0.29) is 17.2 Å². The van der Waals surface area contributed by atoms with Gasteiger partial charge in [0.25, 0.3) is 5.56 Å². The van der Waals surface area contributed by atoms with E-state index in [1.165, 1.54) is 0 Å². The largest absolute Gasteiger partial charge is 0.462 e. The van der Waals surface area contributed by atoms with E-state index >= 15 is 0 Å². The number of pyridine rings is 1. The van der Waals surface area contributed by atoms with E-state index in [9.17, 15) is 9.59 Å². The summed E-state index contributed by atoms with van der Waals surface area (Å²) in [5.41, 5.74) is 1.08. The molecular weight excluding hydrogens is 326 g/mol. The maximum atomic E-state index is 12.9. The third kappa shape index (κ3) is 2.93. The molecule has 1 aromatic heterocycles. The molecule has 2 aromatic carbocycles. The number of carbonyl (C=O) groups is 1. The number of para-hydroxylation sites is 1. The summed E-state index contributed by atoms with van der Waals surface area (Å²) in [6.45, 7) is 2.22. The molecule has 0 bridgehead atoms. The van der Waals surface area contributed by atoms with Crippen LogP contribution >= 0.6 is 11.6 Å². The fourth-order valence-corrected chi connectivity index (χ4v) is 2.99. The minimum absolute atomic E-state index is 0.117. The van der Waals surface area contributed by atoms with Crippen LogP contribution in [0.5, 0.6) is 0 Å². The number of benzene rings is 2. The molecule has 0 amide bonds. The molecule has 0 fully saturated rings. The Labute approximate surface area is 144 Å². The van der Waals surface area contributed by atoms with Gasteiger partial charge in [0.05, 0.1) is 23.7 Å². The average Bonchev–Trinajstić information content (AvgIpc) is 2.60. The SMILES string of the molecule is CCOC(=O)c1c(Cl)c2ccccc2n(Cc2ccccc2)c1=O. The lowest BCUT2D eigenvalue weighted by atomic mass is 10.1. The molecule has 122 valence electrons. The lowest BCUT2D eigenvalue weighted by Crippen LogP contribution is -2.28. The lowest BCUT2D eigenvalue weighted by molar-refractivity contribution is 0.0524. The molecular formula is C19H16ClNO3. The third-order valence-corrected chi connectivity index (χ3v) is 4.17. The van der Waals surface area contributed by atoms with E-state index in [4.69, 9.17) is 16.3 Å². The summed E-state index contributed by atoms with van der Waals surface area (Å²) < 4.78 is 6.57. The molecule has 0 aliphatic carbocycles. The highest BCUT2D eigenvalue weighted by Crippen LogP contribution is 2.26. The van der Waals surface area contributed by atoms with Gasteiger partial charge in [0.2, 0.25) is 0 Å². The second-order valence-electron chi connectivity index (χ2n) is 5.30. The molecule has 5 heteroatoms. The van der Waals surface area contributed by atoms with Crippen molar-refractivity contribution in [3.63, 3.8) is 0 Å². The highest BCUT2D eigenvalue weighted by atomic mass is 35.5. The van der Waals surface area contributed by atoms with Crippen molar-refractivity contribution in [2.45, 2.75) is 13.5 Å². The normalized spacial score (nSPS) is 10.8. The smallest absolute Gasteiger partial charge is 0.345 e. The van der Waals surface area contributed by atoms with Gasteiger partial charge < -0.3 is 9.30 Å². The zero-order valence-corrected chi connectivity index (χ0v) is 13.9. The molecule has 24 heavy (non-hydrogen) atoms. The Morgan fingerprint density at radius 1 is 1.08 bits per heavy atom. The molecule has 0 unspecified atom stereocenters. The number of fused-ring (bicyclic) bond motifs is 1. The van der Waals surface area contributed by atoms with Crippen molar-refractivity contribution in [1.29, 1.82) is 0 Å². The molecule has 0 aliphatic rings. The monoisotopic (exact) mass is 341 g/mol. The second-order valence-corrected chi connectivity index (χ2v) is 5.68. The lowest BCUT2D eigenvalue weighted by Gasteiger charge is -2.14. The molecule has 0 saturated heterocycles. The van der Waals surface area contributed by atoms with Gasteiger partial charge >= 0.3 is 5.97 Å². The first-order valence-electron chi connectivity index (χ1n) is 7.65. The summed E-state index contributed by atoms with van der Waals surface area (Å²) in [6.07, 6.45) is 0. The second kappa shape index (κ2) is 6.89. The van der Waals surface area contributed by atoms with Crippen LogP contribution in [0.25, 0.3) is 10.9 Å². The van der Waals surface area contributed by atoms with Gasteiger partial charge in [-0.25, -0.2) is 4.79 Å². The van der Waals surface area contributed by atoms with E-state index < -0.39 is 11.5 Å². The number of halogens is 1. The predicted octanol–water partition coefficient (Wildman–Crippen LogP) is 3.88. The minimum Gasteiger partial charge on any atom is -0.462 e. The summed E-state index contributed by atoms with van der Waals surface area (Å²) in [5.74, 6) is -0.694. The van der Waals surface area contributed by atoms with Crippen molar-refractivity contribution < 1.29 is 9.53 Å². The number of esters is 1. The summed E-state index contributed by atoms with van der Waals surface area (Å²) >= 11 is 6.34. The summed E-state index contributed by atoms with van der Waals surface area (Å²) in [4.78, 5) is 25.1. The van der Waals surface area contributed by atoms with Gasteiger partial charge in [-0.3, -0.25) is 4.79 Å². The molecule has 0 atom stereocenters. The first-order valence-corrected chi connectivity index (χ1v) is 8.03. The van der Waals surface area contributed by atoms with Gasteiger partial charge in [0, 0.05) is 5.39 Å². The van der Waals surface area contributed by atoms with Crippen LogP contribution < -0.4 is 5.56 Å². The van der Waals surface area contributed by atoms with Crippen LogP contribution in [0.15, 0.2) is 59.4 Å². The maximum absolute atomic E-state index is 12.9. The van der Waals surface area contributed by atoms with E-state index in [0.717, 1.165) is 5.56 Å². The fraction of sp³-hybridized carbons (Fsp3) is 0.158. The molecule has 0 radical (unpaired) electrons. The van der Waals surface area contributed by atoms with Crippen molar-refractivity contribution in [2.24, 2.45) is 0 Å². The standard InChI is InChI=1S/C19H16ClNO3/c1-2-24-19(23)16-17(20)14-10-6-7-11-15(14)21(18(16)22)12-13-8-4-3-5-9-13/h3-11H,2,12H2,1H3. The van der Waals surface area contributed by atoms with Crippen LogP contribution in [0.1, 0.15) is 22.8 Å². The Kier molecular flexibility index (Phi) is 4.67. The molecule has 0 aliphatic heterocycles. The first-order chi connectivity index (χ1) is 11.6. The molecule has 0 saturated carbocycles. The van der Waals surface area contributed by atoms with Crippen LogP contribution in [0.3, 0.4) is 0 Å². The number of carbonyl (C=O) groups excluding carboxylic acids is 1. The van der Waals surface area contributed by atoms with Gasteiger partial charge in [0.15, 0.2) is 0 Å². The fourth-order valence-electron chi connectivity index (χ4n) is 2.67. The highest BCUT2D eigenvalue weighted by Gasteiger charge is 2.22. The van der Waals surface area contributed by atoms with E-state index in [2.05, 4.69) is 0 Å². The van der Waals surface area contributed by atoms with Crippen molar-refractivity contribution in [1.82, 2.24) is 4.57 Å². The molecule has 1 heterocycles. The van der Waals surface area contributed by atoms with Gasteiger partial charge in [-0.1, -0.05) is 60.1 Å². The summed E-state index contributed by atoms with van der Waals surface area (Å²) in [7, 11) is 0. The maximum Gasteiger partial charge on any atom is 0.345 e. The van der Waals surface area contributed by atoms with Gasteiger partial charge in [-0.2, -0.15) is 0 Å². The number of ether oxygens (including phenoxy) is 1. The molecule has 3 aromatic rings. The highest BCUT2D eigenvalue weighted by molar-refractivity contribution is 6.38. The van der Waals surface area contributed by atoms with Crippen molar-refractivity contribution in [3.05, 3.63) is 81.1 Å². The van der Waals surface area contributed by atoms with E-state index in [1.807, 2.05) is 48.5 Å². The Hall–Kier alpha value is -2.59. The number of hydrogen-bond acceptors (Lipinski definition) is 3. The first kappa shape index (κ1) is 16.3. The zero-order chi connectivity index (χ0) is 17.1. The van der Waals surface area contributed by atoms with Gasteiger partial charge in [-0.15, -0.1) is 0 Å². The van der Waals surface area contributed by atoms with Crippen molar-refractivity contribution in [2.75, 3.05) is 6.61 Å². The molecule has 4 nitrogen and oxygen atoms in total. The van der Waals surface area contributed by atoms with Gasteiger partial charge in [0.1, 0.15) is 5.56 Å². The Morgan fingerprint density at radius 2 is 1.75 bits per heavy atom. The van der Waals surface area contributed by atoms with Crippen LogP contribution in [-0.2, 0) is 11.3 Å². The third-order valence-electron chi connectivity index (χ3n) is 3.77. The predicted molar refractivity (Wildman–Crippen MR) is 94.7 cm³/mol. The summed E-state index contributed by atoms with van der Waals surface area (Å²) in [6, 6.07) is 16.9. The Morgan fingerprint density at radius 3 is 2.46 bits per heavy atom. The van der Waals surface area contributed by atoms with Crippen molar-refractivity contribution in [3.8, 4) is 0 Å². The van der Waals surface area contributed by atoms with Crippen molar-refractivity contribution >= 4 is 28.5 Å². The van der Waals surface area contributed by atoms with Crippen LogP contribution in [0.4, 0.5) is 0 Å². The van der Waals surface area contributed by atoms with Gasteiger partial charge in [-0.05, 0) is 18.6 Å². The number of rotatable bonds is 4. The van der Waals surface area contributed by atoms with Crippen LogP contribution in [-0.4, -0.2) is 17.1 Å². The number of nitrogens with zero attached hydrogens (tertiary/aromatic N) is 1. The zero-order valence-electron chi connectivity index (χ0n) is 13.2. The van der Waals surface area contributed by atoms with E-state index in [1.54, 1.807) is 17.6 Å². The Bertz CT molecular complexity index is 948. The van der Waals surface area contributed by atoms with E-state index in [0.29, 0.717) is 17.4 Å². The molecule has 0 spiro atoms. The quantitative estimate of drug-likeness (QED) is 0.677. The molecule has 3 rings (SSSR count). The van der Waals surface area contributed by atoms with Crippen LogP contribution in [0, 0.1) is 0 Å². The molecule has 0 N–H and O–H groups in total. The Balaban J connectivity index is 2.27. The average molecular weight is 342 g/mol. The van der Waals surface area contributed by atoms with Crippen LogP contribution in [0.2, 0.25) is 5.02 Å². The number of hydrogen-bond donors (Lipinski definition) is 0.